The highest BCUT2D eigenvalue weighted by Gasteiger charge is 2.19. The highest BCUT2D eigenvalue weighted by Crippen LogP contribution is 2.12. The maximum absolute atomic E-state index is 5.52. The molecule has 1 aliphatic heterocycles. The molecule has 0 saturated carbocycles. The quantitative estimate of drug-likeness (QED) is 0.647. The predicted molar refractivity (Wildman–Crippen MR) is 52.2 cm³/mol. The van der Waals surface area contributed by atoms with Gasteiger partial charge in [0.15, 0.2) is 0 Å². The number of likely N-dealkylation sites (N-methyl/N-ethyl adjacent to an activating group) is 2. The highest BCUT2D eigenvalue weighted by molar-refractivity contribution is 4.77. The summed E-state index contributed by atoms with van der Waals surface area (Å²) in [6.07, 6.45) is 2.66. The first-order valence-electron chi connectivity index (χ1n) is 4.83. The molecule has 0 radical (unpaired) electrons. The van der Waals surface area contributed by atoms with E-state index >= 15 is 0 Å². The lowest BCUT2D eigenvalue weighted by atomic mass is 10.1. The fourth-order valence-corrected chi connectivity index (χ4v) is 1.89. The van der Waals surface area contributed by atoms with Gasteiger partial charge in [0, 0.05) is 25.7 Å². The summed E-state index contributed by atoms with van der Waals surface area (Å²) in [5.41, 5.74) is 5.52. The van der Waals surface area contributed by atoms with Gasteiger partial charge in [-0.25, -0.2) is 0 Å². The number of hydrogen-bond donors (Lipinski definition) is 1. The SMILES string of the molecule is CN1CCCC(N(C)CCN)C1. The number of likely N-dealkylation sites (tertiary alicyclic amines) is 1. The minimum absolute atomic E-state index is 0.729. The van der Waals surface area contributed by atoms with E-state index in [4.69, 9.17) is 5.73 Å². The molecule has 0 bridgehead atoms. The summed E-state index contributed by atoms with van der Waals surface area (Å²) in [6, 6.07) is 0.729. The van der Waals surface area contributed by atoms with Crippen molar-refractivity contribution in [3.63, 3.8) is 0 Å². The lowest BCUT2D eigenvalue weighted by Crippen LogP contribution is -2.46. The van der Waals surface area contributed by atoms with Crippen LogP contribution in [0.5, 0.6) is 0 Å². The van der Waals surface area contributed by atoms with Crippen molar-refractivity contribution in [3.8, 4) is 0 Å². The number of nitrogens with two attached hydrogens (primary N) is 1. The third kappa shape index (κ3) is 2.73. The van der Waals surface area contributed by atoms with E-state index in [2.05, 4.69) is 23.9 Å². The second kappa shape index (κ2) is 4.80. The summed E-state index contributed by atoms with van der Waals surface area (Å²) in [5, 5.41) is 0. The minimum atomic E-state index is 0.729. The Kier molecular flexibility index (Phi) is 3.98. The van der Waals surface area contributed by atoms with Crippen molar-refractivity contribution < 1.29 is 0 Å². The van der Waals surface area contributed by atoms with E-state index in [0.717, 1.165) is 19.1 Å². The molecule has 1 saturated heterocycles. The first-order chi connectivity index (χ1) is 5.74. The maximum atomic E-state index is 5.52. The number of rotatable bonds is 3. The van der Waals surface area contributed by atoms with Gasteiger partial charge in [-0.1, -0.05) is 0 Å². The molecule has 0 aromatic carbocycles. The fraction of sp³-hybridized carbons (Fsp3) is 1.00. The topological polar surface area (TPSA) is 32.5 Å². The van der Waals surface area contributed by atoms with Crippen LogP contribution in [0.4, 0.5) is 0 Å². The third-order valence-electron chi connectivity index (χ3n) is 2.70. The summed E-state index contributed by atoms with van der Waals surface area (Å²) in [4.78, 5) is 4.79. The molecular formula is C9H21N3. The Hall–Kier alpha value is -0.120. The maximum Gasteiger partial charge on any atom is 0.0221 e. The van der Waals surface area contributed by atoms with Crippen LogP contribution in [0.15, 0.2) is 0 Å². The molecule has 72 valence electrons. The van der Waals surface area contributed by atoms with E-state index in [1.54, 1.807) is 0 Å². The molecule has 1 rings (SSSR count). The minimum Gasteiger partial charge on any atom is -0.329 e. The standard InChI is InChI=1S/C9H21N3/c1-11-6-3-4-9(8-11)12(2)7-5-10/h9H,3-8,10H2,1-2H3. The van der Waals surface area contributed by atoms with Crippen LogP contribution in [-0.4, -0.2) is 56.1 Å². The van der Waals surface area contributed by atoms with Gasteiger partial charge in [-0.3, -0.25) is 0 Å². The van der Waals surface area contributed by atoms with E-state index in [9.17, 15) is 0 Å². The van der Waals surface area contributed by atoms with Crippen LogP contribution >= 0.6 is 0 Å². The average molecular weight is 171 g/mol. The van der Waals surface area contributed by atoms with E-state index in [-0.39, 0.29) is 0 Å². The molecule has 0 amide bonds. The number of hydrogen-bond acceptors (Lipinski definition) is 3. The first-order valence-corrected chi connectivity index (χ1v) is 4.83. The molecule has 1 aliphatic rings. The monoisotopic (exact) mass is 171 g/mol. The highest BCUT2D eigenvalue weighted by atomic mass is 15.2. The van der Waals surface area contributed by atoms with Crippen LogP contribution in [0.1, 0.15) is 12.8 Å². The van der Waals surface area contributed by atoms with Crippen molar-refractivity contribution >= 4 is 0 Å². The van der Waals surface area contributed by atoms with Gasteiger partial charge in [0.25, 0.3) is 0 Å². The zero-order valence-corrected chi connectivity index (χ0v) is 8.29. The Morgan fingerprint density at radius 3 is 2.92 bits per heavy atom. The summed E-state index contributed by atoms with van der Waals surface area (Å²) in [5.74, 6) is 0. The third-order valence-corrected chi connectivity index (χ3v) is 2.70. The van der Waals surface area contributed by atoms with Crippen LogP contribution in [0.3, 0.4) is 0 Å². The van der Waals surface area contributed by atoms with Gasteiger partial charge < -0.3 is 15.5 Å². The Morgan fingerprint density at radius 1 is 1.58 bits per heavy atom. The Labute approximate surface area is 75.5 Å². The van der Waals surface area contributed by atoms with Crippen LogP contribution in [0.25, 0.3) is 0 Å². The molecule has 1 atom stereocenters. The average Bonchev–Trinajstić information content (AvgIpc) is 2.05. The van der Waals surface area contributed by atoms with E-state index in [0.29, 0.717) is 0 Å². The second-order valence-electron chi connectivity index (χ2n) is 3.83. The van der Waals surface area contributed by atoms with Crippen LogP contribution in [0, 0.1) is 0 Å². The number of piperidine rings is 1. The molecular weight excluding hydrogens is 150 g/mol. The molecule has 1 fully saturated rings. The lowest BCUT2D eigenvalue weighted by molar-refractivity contribution is 0.137. The van der Waals surface area contributed by atoms with Gasteiger partial charge in [0.05, 0.1) is 0 Å². The summed E-state index contributed by atoms with van der Waals surface area (Å²) in [7, 11) is 4.37. The molecule has 1 heterocycles. The lowest BCUT2D eigenvalue weighted by Gasteiger charge is -2.35. The van der Waals surface area contributed by atoms with Gasteiger partial charge in [-0.2, -0.15) is 0 Å². The van der Waals surface area contributed by atoms with Gasteiger partial charge >= 0.3 is 0 Å². The van der Waals surface area contributed by atoms with E-state index in [1.165, 1.54) is 25.9 Å². The summed E-state index contributed by atoms with van der Waals surface area (Å²) in [6.45, 7) is 4.26. The zero-order valence-electron chi connectivity index (χ0n) is 8.29. The molecule has 0 spiro atoms. The van der Waals surface area contributed by atoms with Crippen molar-refractivity contribution in [1.82, 2.24) is 9.80 Å². The molecule has 12 heavy (non-hydrogen) atoms. The van der Waals surface area contributed by atoms with Crippen LogP contribution < -0.4 is 5.73 Å². The van der Waals surface area contributed by atoms with Crippen molar-refractivity contribution in [2.24, 2.45) is 5.73 Å². The Balaban J connectivity index is 2.29. The molecule has 0 aromatic rings. The summed E-state index contributed by atoms with van der Waals surface area (Å²) < 4.78 is 0. The van der Waals surface area contributed by atoms with Crippen molar-refractivity contribution in [2.75, 3.05) is 40.3 Å². The normalized spacial score (nSPS) is 26.5. The molecule has 0 aromatic heterocycles. The Bertz CT molecular complexity index is 127. The van der Waals surface area contributed by atoms with E-state index in [1.807, 2.05) is 0 Å². The van der Waals surface area contributed by atoms with E-state index < -0.39 is 0 Å². The fourth-order valence-electron chi connectivity index (χ4n) is 1.89. The van der Waals surface area contributed by atoms with Gasteiger partial charge in [-0.15, -0.1) is 0 Å². The Morgan fingerprint density at radius 2 is 2.33 bits per heavy atom. The predicted octanol–water partition coefficient (Wildman–Crippen LogP) is -0.0289. The molecule has 3 heteroatoms. The molecule has 0 aliphatic carbocycles. The van der Waals surface area contributed by atoms with Crippen LogP contribution in [-0.2, 0) is 0 Å². The largest absolute Gasteiger partial charge is 0.329 e. The second-order valence-corrected chi connectivity index (χ2v) is 3.83. The van der Waals surface area contributed by atoms with Crippen molar-refractivity contribution in [2.45, 2.75) is 18.9 Å². The van der Waals surface area contributed by atoms with Crippen LogP contribution in [0.2, 0.25) is 0 Å². The van der Waals surface area contributed by atoms with Gasteiger partial charge in [0.2, 0.25) is 0 Å². The smallest absolute Gasteiger partial charge is 0.0221 e. The summed E-state index contributed by atoms with van der Waals surface area (Å²) >= 11 is 0. The van der Waals surface area contributed by atoms with Crippen molar-refractivity contribution in [3.05, 3.63) is 0 Å². The molecule has 3 nitrogen and oxygen atoms in total. The van der Waals surface area contributed by atoms with Gasteiger partial charge in [-0.05, 0) is 33.5 Å². The number of nitrogens with zero attached hydrogens (tertiary/aromatic N) is 2. The molecule has 1 unspecified atom stereocenters. The molecule has 2 N–H and O–H groups in total. The first kappa shape index (κ1) is 9.96. The van der Waals surface area contributed by atoms with Gasteiger partial charge in [0.1, 0.15) is 0 Å². The van der Waals surface area contributed by atoms with Crippen molar-refractivity contribution in [1.29, 1.82) is 0 Å². The zero-order chi connectivity index (χ0) is 8.97.